The van der Waals surface area contributed by atoms with Gasteiger partial charge >= 0.3 is 0 Å². The molecule has 0 saturated heterocycles. The zero-order valence-corrected chi connectivity index (χ0v) is 16.6. The summed E-state index contributed by atoms with van der Waals surface area (Å²) in [6.45, 7) is 10.5. The number of halogens is 1. The van der Waals surface area contributed by atoms with E-state index in [1.807, 2.05) is 20.8 Å². The number of hydrogen-bond donors (Lipinski definition) is 2. The normalized spacial score (nSPS) is 11.3. The van der Waals surface area contributed by atoms with Gasteiger partial charge < -0.3 is 5.32 Å². The molecular weight excluding hydrogens is 355 g/mol. The van der Waals surface area contributed by atoms with Crippen molar-refractivity contribution in [2.24, 2.45) is 0 Å². The maximum absolute atomic E-state index is 14.1. The fraction of sp³-hybridized carbons (Fsp3) is 0.316. The Morgan fingerprint density at radius 3 is 1.92 bits per heavy atom. The van der Waals surface area contributed by atoms with Crippen LogP contribution in [0, 0.1) is 40.4 Å². The Bertz CT molecular complexity index is 969. The lowest BCUT2D eigenvalue weighted by Crippen LogP contribution is -2.18. The van der Waals surface area contributed by atoms with Crippen molar-refractivity contribution in [3.8, 4) is 0 Å². The third-order valence-electron chi connectivity index (χ3n) is 4.73. The number of benzene rings is 2. The first-order valence-electron chi connectivity index (χ1n) is 8.12. The third kappa shape index (κ3) is 3.72. The van der Waals surface area contributed by atoms with E-state index >= 15 is 0 Å². The quantitative estimate of drug-likeness (QED) is 0.840. The summed E-state index contributed by atoms with van der Waals surface area (Å²) >= 11 is 0. The van der Waals surface area contributed by atoms with Crippen LogP contribution in [0.4, 0.5) is 15.8 Å². The number of rotatable bonds is 4. The van der Waals surface area contributed by atoms with E-state index in [9.17, 15) is 17.6 Å². The van der Waals surface area contributed by atoms with Crippen LogP contribution in [0.1, 0.15) is 34.7 Å². The first-order valence-corrected chi connectivity index (χ1v) is 9.61. The second-order valence-electron chi connectivity index (χ2n) is 6.44. The molecule has 0 aliphatic carbocycles. The Morgan fingerprint density at radius 2 is 1.42 bits per heavy atom. The predicted octanol–water partition coefficient (Wildman–Crippen LogP) is 4.13. The SMILES string of the molecule is CC(=O)Nc1ccc(F)c(NS(=O)(=O)c2c(C)c(C)c(C)c(C)c2C)c1. The van der Waals surface area contributed by atoms with Gasteiger partial charge in [-0.3, -0.25) is 9.52 Å². The fourth-order valence-corrected chi connectivity index (χ4v) is 4.61. The Labute approximate surface area is 153 Å². The zero-order chi connectivity index (χ0) is 19.8. The number of nitrogens with one attached hydrogen (secondary N) is 2. The molecule has 0 atom stereocenters. The van der Waals surface area contributed by atoms with Crippen molar-refractivity contribution in [1.29, 1.82) is 0 Å². The van der Waals surface area contributed by atoms with Crippen molar-refractivity contribution in [2.45, 2.75) is 46.4 Å². The standard InChI is InChI=1S/C19H23FN2O3S/c1-10-11(2)13(4)19(14(5)12(10)3)26(24,25)22-18-9-16(21-15(6)23)7-8-17(18)20/h7-9,22H,1-6H3,(H,21,23). The smallest absolute Gasteiger partial charge is 0.262 e. The minimum atomic E-state index is -4.01. The molecule has 2 aromatic rings. The molecule has 0 aliphatic rings. The van der Waals surface area contributed by atoms with E-state index in [-0.39, 0.29) is 16.5 Å². The summed E-state index contributed by atoms with van der Waals surface area (Å²) in [7, 11) is -4.01. The van der Waals surface area contributed by atoms with Gasteiger partial charge in [0, 0.05) is 12.6 Å². The largest absolute Gasteiger partial charge is 0.326 e. The van der Waals surface area contributed by atoms with Crippen LogP contribution >= 0.6 is 0 Å². The van der Waals surface area contributed by atoms with E-state index in [1.54, 1.807) is 13.8 Å². The summed E-state index contributed by atoms with van der Waals surface area (Å²) < 4.78 is 42.4. The van der Waals surface area contributed by atoms with Gasteiger partial charge in [0.05, 0.1) is 10.6 Å². The first kappa shape index (κ1) is 19.9. The molecular formula is C19H23FN2O3S. The molecule has 0 bridgehead atoms. The van der Waals surface area contributed by atoms with Crippen LogP contribution in [0.15, 0.2) is 23.1 Å². The van der Waals surface area contributed by atoms with E-state index in [2.05, 4.69) is 10.0 Å². The van der Waals surface area contributed by atoms with Crippen molar-refractivity contribution < 1.29 is 17.6 Å². The molecule has 7 heteroatoms. The first-order chi connectivity index (χ1) is 12.0. The van der Waals surface area contributed by atoms with Crippen LogP contribution in [0.3, 0.4) is 0 Å². The highest BCUT2D eigenvalue weighted by Gasteiger charge is 2.24. The van der Waals surface area contributed by atoms with Gasteiger partial charge in [-0.2, -0.15) is 0 Å². The summed E-state index contributed by atoms with van der Waals surface area (Å²) in [6, 6.07) is 3.73. The molecule has 0 heterocycles. The summed E-state index contributed by atoms with van der Waals surface area (Å²) in [5.41, 5.74) is 4.18. The molecule has 5 nitrogen and oxygen atoms in total. The molecule has 1 amide bonds. The molecule has 0 aliphatic heterocycles. The molecule has 140 valence electrons. The minimum absolute atomic E-state index is 0.155. The second kappa shape index (κ2) is 7.07. The van der Waals surface area contributed by atoms with Crippen molar-refractivity contribution in [1.82, 2.24) is 0 Å². The van der Waals surface area contributed by atoms with Gasteiger partial charge in [0.1, 0.15) is 5.82 Å². The predicted molar refractivity (Wildman–Crippen MR) is 102 cm³/mol. The lowest BCUT2D eigenvalue weighted by molar-refractivity contribution is -0.114. The Kier molecular flexibility index (Phi) is 5.41. The minimum Gasteiger partial charge on any atom is -0.326 e. The van der Waals surface area contributed by atoms with Gasteiger partial charge in [0.25, 0.3) is 10.0 Å². The average Bonchev–Trinajstić information content (AvgIpc) is 2.53. The maximum atomic E-state index is 14.1. The van der Waals surface area contributed by atoms with E-state index in [0.29, 0.717) is 16.8 Å². The molecule has 2 rings (SSSR count). The fourth-order valence-electron chi connectivity index (χ4n) is 2.95. The van der Waals surface area contributed by atoms with Gasteiger partial charge in [-0.1, -0.05) is 0 Å². The van der Waals surface area contributed by atoms with Gasteiger partial charge in [0.2, 0.25) is 5.91 Å². The highest BCUT2D eigenvalue weighted by molar-refractivity contribution is 7.92. The van der Waals surface area contributed by atoms with Crippen LogP contribution in [0.2, 0.25) is 0 Å². The van der Waals surface area contributed by atoms with E-state index in [4.69, 9.17) is 0 Å². The van der Waals surface area contributed by atoms with Crippen molar-refractivity contribution in [3.05, 3.63) is 51.8 Å². The van der Waals surface area contributed by atoms with Crippen molar-refractivity contribution >= 4 is 27.3 Å². The topological polar surface area (TPSA) is 75.3 Å². The molecule has 26 heavy (non-hydrogen) atoms. The monoisotopic (exact) mass is 378 g/mol. The van der Waals surface area contributed by atoms with E-state index in [1.165, 1.54) is 19.1 Å². The number of hydrogen-bond acceptors (Lipinski definition) is 3. The zero-order valence-electron chi connectivity index (χ0n) is 15.7. The van der Waals surface area contributed by atoms with Crippen molar-refractivity contribution in [3.63, 3.8) is 0 Å². The number of carbonyl (C=O) groups excluding carboxylic acids is 1. The molecule has 0 unspecified atom stereocenters. The summed E-state index contributed by atoms with van der Waals surface area (Å²) in [5.74, 6) is -1.06. The molecule has 0 spiro atoms. The molecule has 0 radical (unpaired) electrons. The van der Waals surface area contributed by atoms with Gasteiger partial charge in [-0.15, -0.1) is 0 Å². The Hall–Kier alpha value is -2.41. The van der Waals surface area contributed by atoms with Crippen LogP contribution in [-0.4, -0.2) is 14.3 Å². The van der Waals surface area contributed by atoms with E-state index in [0.717, 1.165) is 22.8 Å². The van der Waals surface area contributed by atoms with Crippen molar-refractivity contribution in [2.75, 3.05) is 10.0 Å². The molecule has 2 N–H and O–H groups in total. The lowest BCUT2D eigenvalue weighted by atomic mass is 9.95. The number of amides is 1. The molecule has 2 aromatic carbocycles. The van der Waals surface area contributed by atoms with Crippen LogP contribution in [-0.2, 0) is 14.8 Å². The van der Waals surface area contributed by atoms with Gasteiger partial charge in [0.15, 0.2) is 0 Å². The highest BCUT2D eigenvalue weighted by atomic mass is 32.2. The maximum Gasteiger partial charge on any atom is 0.262 e. The van der Waals surface area contributed by atoms with Crippen LogP contribution in [0.25, 0.3) is 0 Å². The second-order valence-corrected chi connectivity index (χ2v) is 8.05. The average molecular weight is 378 g/mol. The molecule has 0 fully saturated rings. The molecule has 0 aromatic heterocycles. The Morgan fingerprint density at radius 1 is 0.923 bits per heavy atom. The molecule has 0 saturated carbocycles. The lowest BCUT2D eigenvalue weighted by Gasteiger charge is -2.19. The van der Waals surface area contributed by atoms with Gasteiger partial charge in [-0.25, -0.2) is 12.8 Å². The van der Waals surface area contributed by atoms with Crippen LogP contribution < -0.4 is 10.0 Å². The third-order valence-corrected chi connectivity index (χ3v) is 6.37. The van der Waals surface area contributed by atoms with E-state index < -0.39 is 15.8 Å². The number of anilines is 2. The van der Waals surface area contributed by atoms with Gasteiger partial charge in [-0.05, 0) is 80.6 Å². The summed E-state index contributed by atoms with van der Waals surface area (Å²) in [5, 5.41) is 2.51. The summed E-state index contributed by atoms with van der Waals surface area (Å²) in [6.07, 6.45) is 0. The number of sulfonamides is 1. The van der Waals surface area contributed by atoms with Crippen LogP contribution in [0.5, 0.6) is 0 Å². The highest BCUT2D eigenvalue weighted by Crippen LogP contribution is 2.31. The number of carbonyl (C=O) groups is 1. The summed E-state index contributed by atoms with van der Waals surface area (Å²) in [4.78, 5) is 11.3. The Balaban J connectivity index is 2.56.